The monoisotopic (exact) mass is 315 g/mol. The molecule has 4 heteroatoms. The van der Waals surface area contributed by atoms with Crippen LogP contribution in [0, 0.1) is 11.7 Å². The summed E-state index contributed by atoms with van der Waals surface area (Å²) in [6.07, 6.45) is 2.03. The molecule has 2 rings (SSSR count). The van der Waals surface area contributed by atoms with Crippen molar-refractivity contribution in [2.45, 2.75) is 25.8 Å². The first-order valence-electron chi connectivity index (χ1n) is 6.49. The van der Waals surface area contributed by atoms with Crippen molar-refractivity contribution in [2.24, 2.45) is 5.92 Å². The third kappa shape index (κ3) is 3.11. The van der Waals surface area contributed by atoms with Gasteiger partial charge >= 0.3 is 0 Å². The van der Waals surface area contributed by atoms with Crippen molar-refractivity contribution >= 4 is 15.9 Å². The molecular formula is C14H19BrFNO. The topological polar surface area (TPSA) is 21.3 Å². The molecule has 100 valence electrons. The second-order valence-electron chi connectivity index (χ2n) is 4.70. The summed E-state index contributed by atoms with van der Waals surface area (Å²) in [5.74, 6) is 0.207. The van der Waals surface area contributed by atoms with Crippen LogP contribution in [0.25, 0.3) is 0 Å². The molecule has 0 bridgehead atoms. The zero-order valence-electron chi connectivity index (χ0n) is 10.6. The molecule has 1 fully saturated rings. The molecule has 0 amide bonds. The van der Waals surface area contributed by atoms with Crippen LogP contribution in [0.1, 0.15) is 31.4 Å². The standard InChI is InChI=1S/C14H19BrFNO/c1-2-7-17-14(10-6-8-18-9-10)11-4-3-5-12(15)13(11)16/h3-5,10,14,17H,2,6-9H2,1H3. The predicted molar refractivity (Wildman–Crippen MR) is 74.1 cm³/mol. The van der Waals surface area contributed by atoms with Crippen LogP contribution in [-0.2, 0) is 4.74 Å². The van der Waals surface area contributed by atoms with E-state index in [0.29, 0.717) is 17.0 Å². The molecule has 0 aromatic heterocycles. The van der Waals surface area contributed by atoms with Gasteiger partial charge in [0.2, 0.25) is 0 Å². The van der Waals surface area contributed by atoms with Crippen LogP contribution in [0.15, 0.2) is 22.7 Å². The van der Waals surface area contributed by atoms with Crippen molar-refractivity contribution in [3.63, 3.8) is 0 Å². The zero-order chi connectivity index (χ0) is 13.0. The van der Waals surface area contributed by atoms with Gasteiger partial charge in [-0.25, -0.2) is 4.39 Å². The Balaban J connectivity index is 2.23. The highest BCUT2D eigenvalue weighted by atomic mass is 79.9. The molecule has 0 radical (unpaired) electrons. The number of hydrogen-bond acceptors (Lipinski definition) is 2. The van der Waals surface area contributed by atoms with Gasteiger partial charge in [-0.3, -0.25) is 0 Å². The Labute approximate surface area is 116 Å². The minimum atomic E-state index is -0.155. The van der Waals surface area contributed by atoms with E-state index in [9.17, 15) is 4.39 Å². The Bertz CT molecular complexity index is 393. The lowest BCUT2D eigenvalue weighted by atomic mass is 9.92. The van der Waals surface area contributed by atoms with E-state index in [-0.39, 0.29) is 11.9 Å². The van der Waals surface area contributed by atoms with Gasteiger partial charge in [0.25, 0.3) is 0 Å². The summed E-state index contributed by atoms with van der Waals surface area (Å²) in [5, 5.41) is 3.45. The highest BCUT2D eigenvalue weighted by Gasteiger charge is 2.28. The summed E-state index contributed by atoms with van der Waals surface area (Å²) in [5.41, 5.74) is 0.744. The molecule has 0 spiro atoms. The molecule has 18 heavy (non-hydrogen) atoms. The van der Waals surface area contributed by atoms with E-state index in [2.05, 4.69) is 28.2 Å². The van der Waals surface area contributed by atoms with E-state index in [1.54, 1.807) is 6.07 Å². The lowest BCUT2D eigenvalue weighted by Gasteiger charge is -2.25. The Hall–Kier alpha value is -0.450. The van der Waals surface area contributed by atoms with Crippen LogP contribution in [0.5, 0.6) is 0 Å². The Morgan fingerprint density at radius 1 is 1.56 bits per heavy atom. The van der Waals surface area contributed by atoms with E-state index in [1.807, 2.05) is 12.1 Å². The van der Waals surface area contributed by atoms with Crippen molar-refractivity contribution < 1.29 is 9.13 Å². The number of benzene rings is 1. The number of hydrogen-bond donors (Lipinski definition) is 1. The average Bonchev–Trinajstić information content (AvgIpc) is 2.88. The van der Waals surface area contributed by atoms with Crippen LogP contribution in [-0.4, -0.2) is 19.8 Å². The molecule has 1 aromatic carbocycles. The molecule has 1 aromatic rings. The molecule has 2 atom stereocenters. The molecule has 1 N–H and O–H groups in total. The largest absolute Gasteiger partial charge is 0.381 e. The minimum absolute atomic E-state index is 0.0462. The molecule has 1 aliphatic heterocycles. The van der Waals surface area contributed by atoms with E-state index in [4.69, 9.17) is 4.74 Å². The average molecular weight is 316 g/mol. The summed E-state index contributed by atoms with van der Waals surface area (Å²) < 4.78 is 20.2. The summed E-state index contributed by atoms with van der Waals surface area (Å²) in [6, 6.07) is 5.54. The molecule has 2 nitrogen and oxygen atoms in total. The van der Waals surface area contributed by atoms with Gasteiger partial charge in [0.05, 0.1) is 11.1 Å². The molecule has 1 heterocycles. The summed E-state index contributed by atoms with van der Waals surface area (Å²) >= 11 is 3.26. The van der Waals surface area contributed by atoms with Gasteiger partial charge in [-0.05, 0) is 41.4 Å². The molecule has 1 aliphatic rings. The molecule has 0 saturated carbocycles. The third-order valence-corrected chi connectivity index (χ3v) is 3.98. The van der Waals surface area contributed by atoms with Gasteiger partial charge in [-0.1, -0.05) is 19.1 Å². The van der Waals surface area contributed by atoms with Crippen LogP contribution >= 0.6 is 15.9 Å². The van der Waals surface area contributed by atoms with Crippen LogP contribution in [0.3, 0.4) is 0 Å². The Kier molecular flexibility index (Phi) is 5.15. The van der Waals surface area contributed by atoms with Crippen molar-refractivity contribution in [3.8, 4) is 0 Å². The quantitative estimate of drug-likeness (QED) is 0.895. The number of halogens is 2. The van der Waals surface area contributed by atoms with Crippen LogP contribution < -0.4 is 5.32 Å². The molecular weight excluding hydrogens is 297 g/mol. The lowest BCUT2D eigenvalue weighted by Crippen LogP contribution is -2.30. The molecule has 1 saturated heterocycles. The first-order chi connectivity index (χ1) is 8.74. The lowest BCUT2D eigenvalue weighted by molar-refractivity contribution is 0.176. The van der Waals surface area contributed by atoms with Crippen molar-refractivity contribution in [1.82, 2.24) is 5.32 Å². The van der Waals surface area contributed by atoms with Gasteiger partial charge < -0.3 is 10.1 Å². The highest BCUT2D eigenvalue weighted by molar-refractivity contribution is 9.10. The van der Waals surface area contributed by atoms with Gasteiger partial charge in [0, 0.05) is 24.1 Å². The smallest absolute Gasteiger partial charge is 0.142 e. The fourth-order valence-corrected chi connectivity index (χ4v) is 2.79. The predicted octanol–water partition coefficient (Wildman–Crippen LogP) is 3.67. The minimum Gasteiger partial charge on any atom is -0.381 e. The second kappa shape index (κ2) is 6.64. The molecule has 2 unspecified atom stereocenters. The van der Waals surface area contributed by atoms with Gasteiger partial charge in [-0.2, -0.15) is 0 Å². The Morgan fingerprint density at radius 3 is 3.06 bits per heavy atom. The van der Waals surface area contributed by atoms with E-state index >= 15 is 0 Å². The maximum Gasteiger partial charge on any atom is 0.142 e. The maximum atomic E-state index is 14.2. The summed E-state index contributed by atoms with van der Waals surface area (Å²) in [6.45, 7) is 4.51. The van der Waals surface area contributed by atoms with Gasteiger partial charge in [0.15, 0.2) is 0 Å². The summed E-state index contributed by atoms with van der Waals surface area (Å²) in [7, 11) is 0. The number of rotatable bonds is 5. The fraction of sp³-hybridized carbons (Fsp3) is 0.571. The van der Waals surface area contributed by atoms with E-state index in [1.165, 1.54) is 0 Å². The van der Waals surface area contributed by atoms with Crippen molar-refractivity contribution in [1.29, 1.82) is 0 Å². The number of ether oxygens (including phenoxy) is 1. The second-order valence-corrected chi connectivity index (χ2v) is 5.55. The summed E-state index contributed by atoms with van der Waals surface area (Å²) in [4.78, 5) is 0. The first-order valence-corrected chi connectivity index (χ1v) is 7.28. The van der Waals surface area contributed by atoms with E-state index in [0.717, 1.165) is 31.6 Å². The highest BCUT2D eigenvalue weighted by Crippen LogP contribution is 2.32. The normalized spacial score (nSPS) is 21.2. The number of nitrogens with one attached hydrogen (secondary N) is 1. The Morgan fingerprint density at radius 2 is 2.39 bits per heavy atom. The van der Waals surface area contributed by atoms with E-state index < -0.39 is 0 Å². The van der Waals surface area contributed by atoms with Crippen LogP contribution in [0.4, 0.5) is 4.39 Å². The van der Waals surface area contributed by atoms with Gasteiger partial charge in [0.1, 0.15) is 5.82 Å². The fourth-order valence-electron chi connectivity index (χ4n) is 2.41. The van der Waals surface area contributed by atoms with Crippen molar-refractivity contribution in [3.05, 3.63) is 34.1 Å². The first kappa shape index (κ1) is 14.0. The van der Waals surface area contributed by atoms with Gasteiger partial charge in [-0.15, -0.1) is 0 Å². The van der Waals surface area contributed by atoms with Crippen molar-refractivity contribution in [2.75, 3.05) is 19.8 Å². The maximum absolute atomic E-state index is 14.2. The SMILES string of the molecule is CCCNC(c1cccc(Br)c1F)C1CCOC1. The van der Waals surface area contributed by atoms with Crippen LogP contribution in [0.2, 0.25) is 0 Å². The third-order valence-electron chi connectivity index (χ3n) is 3.37. The zero-order valence-corrected chi connectivity index (χ0v) is 12.2. The molecule has 0 aliphatic carbocycles.